The van der Waals surface area contributed by atoms with Crippen molar-refractivity contribution in [2.45, 2.75) is 25.3 Å². The molecule has 1 aliphatic heterocycles. The van der Waals surface area contributed by atoms with Crippen LogP contribution in [0, 0.1) is 0 Å². The number of aryl methyl sites for hydroxylation is 1. The molecule has 4 bridgehead atoms. The molecule has 3 aromatic heterocycles. The largest absolute Gasteiger partial charge is 0.453 e. The van der Waals surface area contributed by atoms with Crippen LogP contribution in [0.2, 0.25) is 5.02 Å². The Bertz CT molecular complexity index is 2040. The second kappa shape index (κ2) is 14.3. The molecule has 0 saturated heterocycles. The Morgan fingerprint density at radius 1 is 1.12 bits per heavy atom. The van der Waals surface area contributed by atoms with Gasteiger partial charge in [0.2, 0.25) is 11.8 Å². The normalized spacial score (nSPS) is 14.4. The third kappa shape index (κ3) is 7.87. The van der Waals surface area contributed by atoms with Gasteiger partial charge < -0.3 is 25.3 Å². The van der Waals surface area contributed by atoms with E-state index in [9.17, 15) is 14.4 Å². The van der Waals surface area contributed by atoms with E-state index in [0.717, 1.165) is 0 Å². The molecule has 4 N–H and O–H groups in total. The zero-order valence-corrected chi connectivity index (χ0v) is 27.4. The molecule has 0 saturated carbocycles. The minimum atomic E-state index is -0.653. The van der Waals surface area contributed by atoms with Crippen LogP contribution in [-0.2, 0) is 27.2 Å². The van der Waals surface area contributed by atoms with Crippen molar-refractivity contribution in [2.24, 2.45) is 0 Å². The van der Waals surface area contributed by atoms with Gasteiger partial charge in [-0.3, -0.25) is 14.9 Å². The van der Waals surface area contributed by atoms with E-state index >= 15 is 0 Å². The Kier molecular flexibility index (Phi) is 9.57. The summed E-state index contributed by atoms with van der Waals surface area (Å²) in [5.74, 6) is 0.897. The fourth-order valence-corrected chi connectivity index (χ4v) is 5.33. The molecule has 5 aromatic rings. The van der Waals surface area contributed by atoms with E-state index in [1.807, 2.05) is 25.1 Å². The van der Waals surface area contributed by atoms with Crippen molar-refractivity contribution in [3.05, 3.63) is 89.0 Å². The zero-order valence-electron chi connectivity index (χ0n) is 26.6. The molecule has 16 nitrogen and oxygen atoms in total. The van der Waals surface area contributed by atoms with Crippen LogP contribution in [0.5, 0.6) is 0 Å². The summed E-state index contributed by atoms with van der Waals surface area (Å²) in [5, 5.41) is 20.4. The van der Waals surface area contributed by atoms with Crippen molar-refractivity contribution in [1.29, 1.82) is 0 Å². The van der Waals surface area contributed by atoms with Gasteiger partial charge in [0, 0.05) is 73.0 Å². The molecule has 1 aliphatic rings. The number of amides is 3. The molecule has 4 heterocycles. The number of nitrogens with zero attached hydrogens (tertiary/aromatic N) is 8. The number of ether oxygens (including phenoxy) is 1. The summed E-state index contributed by atoms with van der Waals surface area (Å²) in [4.78, 5) is 57.7. The summed E-state index contributed by atoms with van der Waals surface area (Å²) in [6.45, 7) is 0. The molecule has 250 valence electrons. The Hall–Kier alpha value is -6.16. The second-order valence-corrected chi connectivity index (χ2v) is 11.6. The monoisotopic (exact) mass is 682 g/mol. The third-order valence-electron chi connectivity index (χ3n) is 7.52. The average molecular weight is 683 g/mol. The van der Waals surface area contributed by atoms with Gasteiger partial charge in [-0.1, -0.05) is 11.6 Å². The number of benzene rings is 2. The fourth-order valence-electron chi connectivity index (χ4n) is 5.15. The van der Waals surface area contributed by atoms with Gasteiger partial charge in [0.15, 0.2) is 0 Å². The Labute approximate surface area is 285 Å². The van der Waals surface area contributed by atoms with E-state index in [-0.39, 0.29) is 25.2 Å². The van der Waals surface area contributed by atoms with Gasteiger partial charge in [0.05, 0.1) is 36.4 Å². The summed E-state index contributed by atoms with van der Waals surface area (Å²) < 4.78 is 6.19. The lowest BCUT2D eigenvalue weighted by atomic mass is 10.1. The van der Waals surface area contributed by atoms with Gasteiger partial charge in [-0.2, -0.15) is 4.68 Å². The van der Waals surface area contributed by atoms with Gasteiger partial charge in [-0.05, 0) is 52.9 Å². The van der Waals surface area contributed by atoms with Crippen LogP contribution in [0.1, 0.15) is 35.4 Å². The summed E-state index contributed by atoms with van der Waals surface area (Å²) >= 11 is 6.26. The number of imidazole rings is 1. The van der Waals surface area contributed by atoms with E-state index in [1.165, 1.54) is 24.2 Å². The molecule has 0 aliphatic carbocycles. The van der Waals surface area contributed by atoms with E-state index in [0.29, 0.717) is 62.1 Å². The van der Waals surface area contributed by atoms with Crippen LogP contribution < -0.4 is 20.9 Å². The van der Waals surface area contributed by atoms with Gasteiger partial charge in [-0.15, -0.1) is 5.10 Å². The number of carbonyl (C=O) groups is 3. The van der Waals surface area contributed by atoms with E-state index in [1.54, 1.807) is 48.7 Å². The molecule has 0 fully saturated rings. The molecule has 0 radical (unpaired) electrons. The highest BCUT2D eigenvalue weighted by Crippen LogP contribution is 2.32. The molecule has 1 atom stereocenters. The summed E-state index contributed by atoms with van der Waals surface area (Å²) in [6.07, 6.45) is 6.05. The number of methoxy groups -OCH3 is 1. The molecule has 2 aromatic carbocycles. The number of fused-ring (bicyclic) bond motifs is 6. The van der Waals surface area contributed by atoms with Gasteiger partial charge in [0.1, 0.15) is 23.8 Å². The molecule has 6 rings (SSSR count). The summed E-state index contributed by atoms with van der Waals surface area (Å²) in [5.41, 5.74) is 3.93. The van der Waals surface area contributed by atoms with Gasteiger partial charge in [-0.25, -0.2) is 19.7 Å². The number of aromatic nitrogens is 8. The van der Waals surface area contributed by atoms with Crippen molar-refractivity contribution < 1.29 is 19.1 Å². The summed E-state index contributed by atoms with van der Waals surface area (Å²) in [7, 11) is 4.98. The average Bonchev–Trinajstić information content (AvgIpc) is 3.79. The minimum Gasteiger partial charge on any atom is -0.453 e. The first kappa shape index (κ1) is 32.8. The van der Waals surface area contributed by atoms with Crippen LogP contribution in [0.15, 0.2) is 61.1 Å². The number of H-pyrrole nitrogens is 1. The molecule has 0 spiro atoms. The highest BCUT2D eigenvalue weighted by Gasteiger charge is 2.23. The highest BCUT2D eigenvalue weighted by molar-refractivity contribution is 6.30. The molecular formula is C32H31ClN12O4. The van der Waals surface area contributed by atoms with E-state index < -0.39 is 18.0 Å². The van der Waals surface area contributed by atoms with Crippen molar-refractivity contribution in [3.63, 3.8) is 0 Å². The lowest BCUT2D eigenvalue weighted by Gasteiger charge is -2.19. The predicted molar refractivity (Wildman–Crippen MR) is 181 cm³/mol. The SMILES string of the molecule is COC(=O)Nc1ccc2c(c1)NC(=O)CCc1nc(cc(N(C)C)n1)C[C@H](NC(=O)C=Cc1cc(Cl)ccc1-n1cnnn1)c1ncc-2[nH]1. The van der Waals surface area contributed by atoms with Crippen LogP contribution in [0.25, 0.3) is 23.0 Å². The highest BCUT2D eigenvalue weighted by atomic mass is 35.5. The number of nitrogens with one attached hydrogen (secondary N) is 4. The maximum atomic E-state index is 13.5. The van der Waals surface area contributed by atoms with Crippen molar-refractivity contribution in [1.82, 2.24) is 45.5 Å². The van der Waals surface area contributed by atoms with Crippen molar-refractivity contribution in [3.8, 4) is 16.9 Å². The fraction of sp³-hybridized carbons (Fsp3) is 0.219. The lowest BCUT2D eigenvalue weighted by Crippen LogP contribution is -2.30. The number of hydrogen-bond donors (Lipinski definition) is 4. The predicted octanol–water partition coefficient (Wildman–Crippen LogP) is 3.74. The van der Waals surface area contributed by atoms with Gasteiger partial charge in [0.25, 0.3) is 0 Å². The number of anilines is 3. The van der Waals surface area contributed by atoms with E-state index in [4.69, 9.17) is 21.3 Å². The molecule has 17 heteroatoms. The first-order valence-corrected chi connectivity index (χ1v) is 15.4. The number of halogens is 1. The molecular weight excluding hydrogens is 652 g/mol. The minimum absolute atomic E-state index is 0.0970. The van der Waals surface area contributed by atoms with Crippen LogP contribution in [-0.4, -0.2) is 79.3 Å². The molecule has 49 heavy (non-hydrogen) atoms. The van der Waals surface area contributed by atoms with Crippen LogP contribution in [0.4, 0.5) is 22.0 Å². The summed E-state index contributed by atoms with van der Waals surface area (Å²) in [6, 6.07) is 11.4. The number of aromatic amines is 1. The quantitative estimate of drug-likeness (QED) is 0.190. The lowest BCUT2D eigenvalue weighted by molar-refractivity contribution is -0.117. The maximum Gasteiger partial charge on any atom is 0.411 e. The van der Waals surface area contributed by atoms with E-state index in [2.05, 4.69) is 46.4 Å². The first-order valence-electron chi connectivity index (χ1n) is 15.0. The first-order chi connectivity index (χ1) is 23.6. The molecule has 3 amide bonds. The van der Waals surface area contributed by atoms with Crippen LogP contribution >= 0.6 is 11.6 Å². The zero-order chi connectivity index (χ0) is 34.5. The Morgan fingerprint density at radius 3 is 2.76 bits per heavy atom. The van der Waals surface area contributed by atoms with Crippen molar-refractivity contribution >= 4 is 52.8 Å². The topological polar surface area (TPSA) is 198 Å². The Morgan fingerprint density at radius 2 is 1.98 bits per heavy atom. The Balaban J connectivity index is 1.37. The molecule has 0 unspecified atom stereocenters. The maximum absolute atomic E-state index is 13.5. The second-order valence-electron chi connectivity index (χ2n) is 11.2. The van der Waals surface area contributed by atoms with Crippen molar-refractivity contribution in [2.75, 3.05) is 36.7 Å². The van der Waals surface area contributed by atoms with Crippen LogP contribution in [0.3, 0.4) is 0 Å². The smallest absolute Gasteiger partial charge is 0.411 e. The van der Waals surface area contributed by atoms with Gasteiger partial charge >= 0.3 is 6.09 Å². The number of hydrogen-bond acceptors (Lipinski definition) is 11. The number of rotatable bonds is 6. The standard InChI is InChI=1S/C32H31ClN12O4/c1-44(2)28-15-21-14-24(39-29(46)10-4-18-12-19(33)5-8-26(18)45-17-35-42-43-45)31-34-16-25(40-31)22-7-6-20(37-32(48)49-3)13-23(22)38-30(47)11-9-27(36-21)41-28/h4-8,10,12-13,15-17,24H,9,11,14H2,1-3H3,(H,34,40)(H,37,48)(H,38,47)(H,39,46)/t24-/m0/s1. The number of tetrazole rings is 1. The number of carbonyl (C=O) groups excluding carboxylic acids is 3. The third-order valence-corrected chi connectivity index (χ3v) is 7.75.